The largest absolute Gasteiger partial charge is 0.458 e. The lowest BCUT2D eigenvalue weighted by atomic mass is 9.83. The molecule has 0 aromatic rings. The maximum atomic E-state index is 12.6. The Morgan fingerprint density at radius 2 is 2.21 bits per heavy atom. The van der Waals surface area contributed by atoms with Crippen molar-refractivity contribution in [3.63, 3.8) is 0 Å². The number of rotatable bonds is 6. The Hall–Kier alpha value is -2.25. The second-order valence-corrected chi connectivity index (χ2v) is 7.13. The molecule has 1 heterocycles. The molecule has 0 saturated carbocycles. The minimum absolute atomic E-state index is 0.147. The number of ether oxygens (including phenoxy) is 3. The first kappa shape index (κ1) is 22.0. The van der Waals surface area contributed by atoms with Crippen LogP contribution in [0.4, 0.5) is 0 Å². The summed E-state index contributed by atoms with van der Waals surface area (Å²) < 4.78 is 16.7. The van der Waals surface area contributed by atoms with Crippen molar-refractivity contribution in [2.45, 2.75) is 51.4 Å². The second-order valence-electron chi connectivity index (χ2n) is 7.13. The molecule has 154 valence electrons. The predicted molar refractivity (Wildman–Crippen MR) is 101 cm³/mol. The van der Waals surface area contributed by atoms with Gasteiger partial charge in [0.25, 0.3) is 0 Å². The topological polar surface area (TPSA) is 99.1 Å². The van der Waals surface area contributed by atoms with Crippen LogP contribution in [0.25, 0.3) is 0 Å². The van der Waals surface area contributed by atoms with Gasteiger partial charge in [0, 0.05) is 18.3 Å². The van der Waals surface area contributed by atoms with Crippen LogP contribution in [0.5, 0.6) is 0 Å². The molecule has 1 aliphatic heterocycles. The lowest BCUT2D eigenvalue weighted by Crippen LogP contribution is -2.44. The summed E-state index contributed by atoms with van der Waals surface area (Å²) in [5.74, 6) is -2.13. The third kappa shape index (κ3) is 4.59. The van der Waals surface area contributed by atoms with Gasteiger partial charge in [-0.2, -0.15) is 0 Å². The van der Waals surface area contributed by atoms with Crippen LogP contribution in [0.3, 0.4) is 0 Å². The minimum atomic E-state index is -0.971. The Balaban J connectivity index is 2.56. The molecule has 0 radical (unpaired) electrons. The Bertz CT molecular complexity index is 691. The van der Waals surface area contributed by atoms with Gasteiger partial charge in [-0.3, -0.25) is 9.59 Å². The zero-order chi connectivity index (χ0) is 20.8. The van der Waals surface area contributed by atoms with Gasteiger partial charge in [0.15, 0.2) is 0 Å². The van der Waals surface area contributed by atoms with E-state index in [-0.39, 0.29) is 18.1 Å². The molecule has 7 heteroatoms. The number of hydrogen-bond donors (Lipinski definition) is 1. The molecule has 7 nitrogen and oxygen atoms in total. The molecule has 0 unspecified atom stereocenters. The molecule has 0 bridgehead atoms. The smallest absolute Gasteiger partial charge is 0.334 e. The normalized spacial score (nSPS) is 32.9. The highest BCUT2D eigenvalue weighted by molar-refractivity contribution is 5.91. The zero-order valence-corrected chi connectivity index (χ0v) is 16.6. The number of esters is 2. The molecule has 2 aliphatic rings. The van der Waals surface area contributed by atoms with Crippen LogP contribution in [0, 0.1) is 11.8 Å². The van der Waals surface area contributed by atoms with Crippen molar-refractivity contribution in [2.75, 3.05) is 13.7 Å². The van der Waals surface area contributed by atoms with Crippen LogP contribution in [-0.4, -0.2) is 55.4 Å². The van der Waals surface area contributed by atoms with Crippen molar-refractivity contribution in [3.8, 4) is 0 Å². The fourth-order valence-corrected chi connectivity index (χ4v) is 3.43. The van der Waals surface area contributed by atoms with Crippen LogP contribution >= 0.6 is 0 Å². The van der Waals surface area contributed by atoms with Crippen LogP contribution in [-0.2, 0) is 28.6 Å². The molecule has 1 N–H and O–H groups in total. The van der Waals surface area contributed by atoms with E-state index in [1.807, 2.05) is 6.92 Å². The highest BCUT2D eigenvalue weighted by Crippen LogP contribution is 2.37. The van der Waals surface area contributed by atoms with E-state index in [9.17, 15) is 19.5 Å². The maximum absolute atomic E-state index is 12.6. The van der Waals surface area contributed by atoms with Crippen molar-refractivity contribution in [2.24, 2.45) is 11.8 Å². The SMILES string of the molecule is C=C1C(=O)O[C@@H]2/C=C(\CO)CC/C=C(/C=O)[C@H](OC)[C@@H](OC(=O)[C@H](C)CC)[C@@H]12. The molecule has 1 fully saturated rings. The number of aliphatic hydroxyl groups excluding tert-OH is 1. The van der Waals surface area contributed by atoms with Crippen LogP contribution < -0.4 is 0 Å². The van der Waals surface area contributed by atoms with E-state index in [4.69, 9.17) is 14.2 Å². The zero-order valence-electron chi connectivity index (χ0n) is 16.6. The Labute approximate surface area is 165 Å². The highest BCUT2D eigenvalue weighted by atomic mass is 16.6. The molecule has 1 aliphatic carbocycles. The molecule has 1 saturated heterocycles. The lowest BCUT2D eigenvalue weighted by Gasteiger charge is -2.33. The van der Waals surface area contributed by atoms with E-state index in [0.29, 0.717) is 36.7 Å². The average Bonchev–Trinajstić information content (AvgIpc) is 2.97. The molecule has 2 rings (SSSR count). The number of fused-ring (bicyclic) bond motifs is 1. The second kappa shape index (κ2) is 9.80. The van der Waals surface area contributed by atoms with E-state index in [1.54, 1.807) is 19.1 Å². The van der Waals surface area contributed by atoms with Gasteiger partial charge in [-0.25, -0.2) is 4.79 Å². The maximum Gasteiger partial charge on any atom is 0.334 e. The number of aldehydes is 1. The third-order valence-corrected chi connectivity index (χ3v) is 5.35. The van der Waals surface area contributed by atoms with Crippen LogP contribution in [0.2, 0.25) is 0 Å². The highest BCUT2D eigenvalue weighted by Gasteiger charge is 2.48. The van der Waals surface area contributed by atoms with E-state index in [2.05, 4.69) is 6.58 Å². The van der Waals surface area contributed by atoms with Crippen LogP contribution in [0.1, 0.15) is 33.1 Å². The summed E-state index contributed by atoms with van der Waals surface area (Å²) in [6, 6.07) is 0. The van der Waals surface area contributed by atoms with Gasteiger partial charge >= 0.3 is 11.9 Å². The quantitative estimate of drug-likeness (QED) is 0.319. The van der Waals surface area contributed by atoms with Gasteiger partial charge in [0.1, 0.15) is 24.6 Å². The molecule has 28 heavy (non-hydrogen) atoms. The Kier molecular flexibility index (Phi) is 7.71. The number of methoxy groups -OCH3 is 1. The molecular weight excluding hydrogens is 364 g/mol. The van der Waals surface area contributed by atoms with E-state index >= 15 is 0 Å². The van der Waals surface area contributed by atoms with Gasteiger partial charge in [0.2, 0.25) is 0 Å². The first-order chi connectivity index (χ1) is 13.4. The summed E-state index contributed by atoms with van der Waals surface area (Å²) in [5, 5.41) is 9.63. The lowest BCUT2D eigenvalue weighted by molar-refractivity contribution is -0.164. The molecule has 0 amide bonds. The Morgan fingerprint density at radius 3 is 2.79 bits per heavy atom. The third-order valence-electron chi connectivity index (χ3n) is 5.35. The van der Waals surface area contributed by atoms with Crippen molar-refractivity contribution in [3.05, 3.63) is 35.5 Å². The number of carbonyl (C=O) groups is 3. The fraction of sp³-hybridized carbons (Fsp3) is 0.571. The summed E-state index contributed by atoms with van der Waals surface area (Å²) in [5.41, 5.74) is 1.13. The van der Waals surface area contributed by atoms with E-state index in [0.717, 1.165) is 0 Å². The number of hydrogen-bond acceptors (Lipinski definition) is 7. The van der Waals surface area contributed by atoms with Crippen molar-refractivity contribution < 1.29 is 33.7 Å². The monoisotopic (exact) mass is 392 g/mol. The van der Waals surface area contributed by atoms with Crippen molar-refractivity contribution in [1.29, 1.82) is 0 Å². The minimum Gasteiger partial charge on any atom is -0.458 e. The van der Waals surface area contributed by atoms with Gasteiger partial charge in [-0.15, -0.1) is 0 Å². The standard InChI is InChI=1S/C21H28O7/c1-5-12(2)20(24)28-19-17-13(3)21(25)27-16(17)9-14(10-22)7-6-8-15(11-23)18(19)26-4/h8-9,11-12,16-19,22H,3,5-7,10H2,1-2,4H3/b14-9-,15-8-/t12-,16-,17+,18+,19+/m1/s1. The average molecular weight is 392 g/mol. The molecule has 0 aromatic heterocycles. The van der Waals surface area contributed by atoms with E-state index in [1.165, 1.54) is 7.11 Å². The van der Waals surface area contributed by atoms with Gasteiger partial charge in [-0.05, 0) is 30.9 Å². The molecule has 5 atom stereocenters. The molecule has 0 aromatic carbocycles. The predicted octanol–water partition coefficient (Wildman–Crippen LogP) is 1.89. The summed E-state index contributed by atoms with van der Waals surface area (Å²) in [6.07, 6.45) is 3.01. The number of aliphatic hydroxyl groups is 1. The summed E-state index contributed by atoms with van der Waals surface area (Å²) >= 11 is 0. The molecular formula is C21H28O7. The van der Waals surface area contributed by atoms with E-state index < -0.39 is 36.2 Å². The summed E-state index contributed by atoms with van der Waals surface area (Å²) in [4.78, 5) is 36.5. The molecule has 0 spiro atoms. The van der Waals surface area contributed by atoms with Crippen molar-refractivity contribution >= 4 is 18.2 Å². The number of allylic oxidation sites excluding steroid dienone is 1. The fourth-order valence-electron chi connectivity index (χ4n) is 3.43. The summed E-state index contributed by atoms with van der Waals surface area (Å²) in [7, 11) is 1.42. The van der Waals surface area contributed by atoms with Crippen LogP contribution in [0.15, 0.2) is 35.5 Å². The first-order valence-corrected chi connectivity index (χ1v) is 9.46. The van der Waals surface area contributed by atoms with Gasteiger partial charge < -0.3 is 19.3 Å². The first-order valence-electron chi connectivity index (χ1n) is 9.46. The van der Waals surface area contributed by atoms with Gasteiger partial charge in [0.05, 0.1) is 18.4 Å². The number of carbonyl (C=O) groups excluding carboxylic acids is 3. The van der Waals surface area contributed by atoms with Gasteiger partial charge in [-0.1, -0.05) is 26.5 Å². The Morgan fingerprint density at radius 1 is 1.50 bits per heavy atom. The van der Waals surface area contributed by atoms with Crippen molar-refractivity contribution in [1.82, 2.24) is 0 Å². The summed E-state index contributed by atoms with van der Waals surface area (Å²) in [6.45, 7) is 7.22.